The summed E-state index contributed by atoms with van der Waals surface area (Å²) in [5.74, 6) is 0. The molecule has 0 aliphatic heterocycles. The molecule has 0 saturated heterocycles. The average molecular weight is 116 g/mol. The summed E-state index contributed by atoms with van der Waals surface area (Å²) in [7, 11) is 1.03. The van der Waals surface area contributed by atoms with Crippen LogP contribution in [0, 0.1) is 0 Å². The Morgan fingerprint density at radius 1 is 1.86 bits per heavy atom. The number of hydrogen-bond acceptors (Lipinski definition) is 1. The molecule has 0 heterocycles. The summed E-state index contributed by atoms with van der Waals surface area (Å²) in [6, 6.07) is 0. The molecule has 2 heteroatoms. The second-order valence-corrected chi connectivity index (χ2v) is 3.39. The van der Waals surface area contributed by atoms with Gasteiger partial charge in [-0.05, 0) is 12.0 Å². The number of carbonyl (C=O) groups is 1. The second kappa shape index (κ2) is 4.06. The number of aldehydes is 1. The van der Waals surface area contributed by atoms with Crippen LogP contribution in [0.4, 0.5) is 0 Å². The van der Waals surface area contributed by atoms with Crippen molar-refractivity contribution >= 4 is 16.5 Å². The predicted molar refractivity (Wildman–Crippen MR) is 34.7 cm³/mol. The highest BCUT2D eigenvalue weighted by Gasteiger charge is 1.93. The van der Waals surface area contributed by atoms with E-state index in [1.807, 2.05) is 0 Å². The van der Waals surface area contributed by atoms with E-state index in [0.717, 1.165) is 29.4 Å². The molecule has 0 aliphatic carbocycles. The fraction of sp³-hybridized carbons (Fsp3) is 0.800. The van der Waals surface area contributed by atoms with Gasteiger partial charge in [0.05, 0.1) is 0 Å². The highest BCUT2D eigenvalue weighted by molar-refractivity contribution is 6.19. The third-order valence-corrected chi connectivity index (χ3v) is 1.83. The summed E-state index contributed by atoms with van der Waals surface area (Å²) in [6.45, 7) is 2.11. The molecule has 0 radical (unpaired) electrons. The average Bonchev–Trinajstić information content (AvgIpc) is 1.68. The van der Waals surface area contributed by atoms with Crippen LogP contribution in [0.5, 0.6) is 0 Å². The normalized spacial score (nSPS) is 13.9. The Bertz CT molecular complexity index is 54.0. The van der Waals surface area contributed by atoms with E-state index in [0.29, 0.717) is 5.54 Å². The van der Waals surface area contributed by atoms with Crippen LogP contribution in [0.2, 0.25) is 5.54 Å². The molecule has 0 rings (SSSR count). The van der Waals surface area contributed by atoms with Crippen LogP contribution in [0.15, 0.2) is 0 Å². The highest BCUT2D eigenvalue weighted by atomic mass is 28.1. The van der Waals surface area contributed by atoms with Gasteiger partial charge in [-0.25, -0.2) is 0 Å². The van der Waals surface area contributed by atoms with Crippen molar-refractivity contribution in [2.45, 2.75) is 25.3 Å². The van der Waals surface area contributed by atoms with E-state index in [1.165, 1.54) is 0 Å². The predicted octanol–water partition coefficient (Wildman–Crippen LogP) is 0.139. The molecule has 0 aliphatic rings. The minimum absolute atomic E-state index is 0.407. The van der Waals surface area contributed by atoms with Crippen LogP contribution in [-0.4, -0.2) is 16.5 Å². The van der Waals surface area contributed by atoms with Gasteiger partial charge in [-0.15, -0.1) is 0 Å². The molecule has 0 fully saturated rings. The van der Waals surface area contributed by atoms with Gasteiger partial charge in [-0.2, -0.15) is 0 Å². The van der Waals surface area contributed by atoms with Gasteiger partial charge in [0.15, 0.2) is 0 Å². The number of carbonyl (C=O) groups excluding carboxylic acids is 1. The van der Waals surface area contributed by atoms with Crippen LogP contribution >= 0.6 is 0 Å². The minimum Gasteiger partial charge on any atom is -0.303 e. The van der Waals surface area contributed by atoms with Crippen molar-refractivity contribution in [3.05, 3.63) is 0 Å². The lowest BCUT2D eigenvalue weighted by molar-refractivity contribution is -0.107. The molecule has 0 aromatic heterocycles. The third kappa shape index (κ3) is 3.72. The van der Waals surface area contributed by atoms with Crippen molar-refractivity contribution in [1.29, 1.82) is 0 Å². The van der Waals surface area contributed by atoms with E-state index in [-0.39, 0.29) is 0 Å². The first-order valence-corrected chi connectivity index (χ1v) is 3.92. The van der Waals surface area contributed by atoms with Gasteiger partial charge >= 0.3 is 0 Å². The van der Waals surface area contributed by atoms with E-state index in [9.17, 15) is 4.79 Å². The zero-order valence-corrected chi connectivity index (χ0v) is 6.98. The Balaban J connectivity index is 2.98. The summed E-state index contributed by atoms with van der Waals surface area (Å²) in [5, 5.41) is 0. The number of rotatable bonds is 3. The van der Waals surface area contributed by atoms with Gasteiger partial charge in [-0.1, -0.05) is 13.3 Å². The van der Waals surface area contributed by atoms with Crippen LogP contribution in [0.3, 0.4) is 0 Å². The van der Waals surface area contributed by atoms with Gasteiger partial charge in [0.1, 0.15) is 6.29 Å². The number of hydrogen-bond donors (Lipinski definition) is 0. The maximum Gasteiger partial charge on any atom is 0.119 e. The molecular weight excluding hydrogens is 104 g/mol. The van der Waals surface area contributed by atoms with Crippen LogP contribution in [0.1, 0.15) is 19.8 Å². The molecule has 0 spiro atoms. The Kier molecular flexibility index (Phi) is 3.99. The monoisotopic (exact) mass is 116 g/mol. The van der Waals surface area contributed by atoms with Crippen molar-refractivity contribution < 1.29 is 4.79 Å². The summed E-state index contributed by atoms with van der Waals surface area (Å²) in [4.78, 5) is 9.93. The molecular formula is C5H12OSi. The topological polar surface area (TPSA) is 17.1 Å². The minimum atomic E-state index is 0.407. The largest absolute Gasteiger partial charge is 0.303 e. The first-order valence-electron chi connectivity index (χ1n) is 2.76. The summed E-state index contributed by atoms with van der Waals surface area (Å²) in [5.41, 5.74) is 0.407. The van der Waals surface area contributed by atoms with E-state index in [4.69, 9.17) is 0 Å². The Morgan fingerprint density at radius 3 is 2.57 bits per heavy atom. The third-order valence-electron chi connectivity index (χ3n) is 0.976. The van der Waals surface area contributed by atoms with E-state index < -0.39 is 0 Å². The molecule has 0 aromatic rings. The fourth-order valence-corrected chi connectivity index (χ4v) is 1.10. The summed E-state index contributed by atoms with van der Waals surface area (Å²) < 4.78 is 0. The van der Waals surface area contributed by atoms with Crippen molar-refractivity contribution in [1.82, 2.24) is 0 Å². The molecule has 1 atom stereocenters. The van der Waals surface area contributed by atoms with Crippen molar-refractivity contribution in [3.63, 3.8) is 0 Å². The smallest absolute Gasteiger partial charge is 0.119 e. The van der Waals surface area contributed by atoms with Gasteiger partial charge in [0.25, 0.3) is 0 Å². The molecule has 0 bridgehead atoms. The quantitative estimate of drug-likeness (QED) is 0.378. The zero-order chi connectivity index (χ0) is 5.70. The maximum atomic E-state index is 9.93. The lowest BCUT2D eigenvalue weighted by atomic mass is 10.3. The second-order valence-electron chi connectivity index (χ2n) is 1.90. The van der Waals surface area contributed by atoms with Gasteiger partial charge in [0, 0.05) is 10.2 Å². The fourth-order valence-electron chi connectivity index (χ4n) is 0.523. The van der Waals surface area contributed by atoms with Crippen molar-refractivity contribution in [2.24, 2.45) is 0 Å². The molecule has 0 aromatic carbocycles. The Hall–Kier alpha value is -0.113. The molecule has 0 N–H and O–H groups in total. The van der Waals surface area contributed by atoms with Gasteiger partial charge < -0.3 is 4.79 Å². The lowest BCUT2D eigenvalue weighted by Crippen LogP contribution is -1.90. The van der Waals surface area contributed by atoms with Crippen molar-refractivity contribution in [3.8, 4) is 0 Å². The SMILES string of the molecule is CCCC([SiH3])C=O. The first-order chi connectivity index (χ1) is 3.31. The van der Waals surface area contributed by atoms with E-state index in [2.05, 4.69) is 6.92 Å². The van der Waals surface area contributed by atoms with Crippen LogP contribution in [0.25, 0.3) is 0 Å². The molecule has 42 valence electrons. The van der Waals surface area contributed by atoms with E-state index in [1.54, 1.807) is 0 Å². The van der Waals surface area contributed by atoms with Crippen LogP contribution in [-0.2, 0) is 4.79 Å². The molecule has 0 saturated carbocycles. The highest BCUT2D eigenvalue weighted by Crippen LogP contribution is 2.02. The molecule has 0 amide bonds. The first kappa shape index (κ1) is 6.89. The maximum absolute atomic E-state index is 9.93. The van der Waals surface area contributed by atoms with E-state index >= 15 is 0 Å². The van der Waals surface area contributed by atoms with Gasteiger partial charge in [0.2, 0.25) is 0 Å². The van der Waals surface area contributed by atoms with Crippen LogP contribution < -0.4 is 0 Å². The molecule has 1 nitrogen and oxygen atoms in total. The molecule has 1 unspecified atom stereocenters. The zero-order valence-electron chi connectivity index (χ0n) is 4.98. The van der Waals surface area contributed by atoms with Crippen molar-refractivity contribution in [2.75, 3.05) is 0 Å². The molecule has 7 heavy (non-hydrogen) atoms. The lowest BCUT2D eigenvalue weighted by Gasteiger charge is -1.94. The standard InChI is InChI=1S/C5H12OSi/c1-2-3-5(7)4-6/h4-5H,2-3H2,1,7H3. The van der Waals surface area contributed by atoms with Gasteiger partial charge in [-0.3, -0.25) is 0 Å². The Labute approximate surface area is 47.5 Å². The summed E-state index contributed by atoms with van der Waals surface area (Å²) >= 11 is 0. The Morgan fingerprint density at radius 2 is 2.43 bits per heavy atom. The summed E-state index contributed by atoms with van der Waals surface area (Å²) in [6.07, 6.45) is 3.30.